The fraction of sp³-hybridized carbons (Fsp3) is 0.294. The zero-order valence-electron chi connectivity index (χ0n) is 13.2. The molecular formula is C17H15Cl2FN2O2S. The van der Waals surface area contributed by atoms with Gasteiger partial charge >= 0.3 is 0 Å². The smallest absolute Gasteiger partial charge is 0.252 e. The highest BCUT2D eigenvalue weighted by atomic mass is 35.5. The van der Waals surface area contributed by atoms with Crippen LogP contribution in [0.3, 0.4) is 0 Å². The van der Waals surface area contributed by atoms with Gasteiger partial charge in [0, 0.05) is 30.9 Å². The number of nitrogens with one attached hydrogen (secondary N) is 1. The van der Waals surface area contributed by atoms with Crippen LogP contribution in [-0.2, 0) is 17.8 Å². The molecule has 0 saturated carbocycles. The van der Waals surface area contributed by atoms with Crippen LogP contribution in [0.5, 0.6) is 0 Å². The van der Waals surface area contributed by atoms with Crippen molar-refractivity contribution in [2.75, 3.05) is 13.1 Å². The fourth-order valence-corrected chi connectivity index (χ4v) is 4.05. The van der Waals surface area contributed by atoms with Crippen molar-refractivity contribution in [1.82, 2.24) is 10.2 Å². The van der Waals surface area contributed by atoms with Crippen molar-refractivity contribution in [3.8, 4) is 0 Å². The van der Waals surface area contributed by atoms with E-state index >= 15 is 0 Å². The summed E-state index contributed by atoms with van der Waals surface area (Å²) >= 11 is 13.2. The summed E-state index contributed by atoms with van der Waals surface area (Å²) in [5, 5.41) is 4.55. The quantitative estimate of drug-likeness (QED) is 0.791. The second kappa shape index (κ2) is 7.72. The average molecular weight is 401 g/mol. The SMILES string of the molecule is O=C(NCCC(=O)N1CCc2sccc2C1)c1cc(F)c(Cl)cc1Cl. The maximum atomic E-state index is 13.5. The van der Waals surface area contributed by atoms with Gasteiger partial charge in [-0.3, -0.25) is 9.59 Å². The Bertz CT molecular complexity index is 825. The van der Waals surface area contributed by atoms with E-state index in [1.807, 2.05) is 11.4 Å². The third-order valence-electron chi connectivity index (χ3n) is 4.04. The normalized spacial score (nSPS) is 13.5. The summed E-state index contributed by atoms with van der Waals surface area (Å²) < 4.78 is 13.5. The molecular weight excluding hydrogens is 386 g/mol. The van der Waals surface area contributed by atoms with E-state index in [-0.39, 0.29) is 34.5 Å². The fourth-order valence-electron chi connectivity index (χ4n) is 2.69. The number of halogens is 3. The lowest BCUT2D eigenvalue weighted by atomic mass is 10.1. The summed E-state index contributed by atoms with van der Waals surface area (Å²) in [4.78, 5) is 27.5. The number of hydrogen-bond acceptors (Lipinski definition) is 3. The van der Waals surface area contributed by atoms with Crippen LogP contribution >= 0.6 is 34.5 Å². The van der Waals surface area contributed by atoms with Crippen LogP contribution in [0.4, 0.5) is 4.39 Å². The van der Waals surface area contributed by atoms with Gasteiger partial charge in [0.25, 0.3) is 5.91 Å². The third-order valence-corrected chi connectivity index (χ3v) is 5.66. The van der Waals surface area contributed by atoms with Crippen LogP contribution in [0.15, 0.2) is 23.6 Å². The molecule has 1 aliphatic rings. The van der Waals surface area contributed by atoms with Crippen molar-refractivity contribution in [2.45, 2.75) is 19.4 Å². The highest BCUT2D eigenvalue weighted by Gasteiger charge is 2.21. The predicted octanol–water partition coefficient (Wildman–Crippen LogP) is 3.90. The van der Waals surface area contributed by atoms with Crippen LogP contribution in [-0.4, -0.2) is 29.8 Å². The zero-order valence-corrected chi connectivity index (χ0v) is 15.5. The number of amides is 2. The maximum Gasteiger partial charge on any atom is 0.252 e. The van der Waals surface area contributed by atoms with Crippen molar-refractivity contribution >= 4 is 46.4 Å². The molecule has 1 aliphatic heterocycles. The molecule has 8 heteroatoms. The number of nitrogens with zero attached hydrogens (tertiary/aromatic N) is 1. The van der Waals surface area contributed by atoms with Gasteiger partial charge in [-0.2, -0.15) is 0 Å². The van der Waals surface area contributed by atoms with Gasteiger partial charge in [0.1, 0.15) is 5.82 Å². The molecule has 132 valence electrons. The molecule has 25 heavy (non-hydrogen) atoms. The molecule has 0 saturated heterocycles. The number of hydrogen-bond donors (Lipinski definition) is 1. The molecule has 0 fully saturated rings. The molecule has 0 bridgehead atoms. The largest absolute Gasteiger partial charge is 0.351 e. The first-order chi connectivity index (χ1) is 12.0. The second-order valence-corrected chi connectivity index (χ2v) is 7.50. The maximum absolute atomic E-state index is 13.5. The van der Waals surface area contributed by atoms with E-state index in [0.717, 1.165) is 12.5 Å². The van der Waals surface area contributed by atoms with E-state index in [9.17, 15) is 14.0 Å². The number of thiophene rings is 1. The van der Waals surface area contributed by atoms with Gasteiger partial charge in [-0.1, -0.05) is 23.2 Å². The number of carbonyl (C=O) groups is 2. The standard InChI is InChI=1S/C17H15Cl2FN2O2S/c18-12-8-13(19)14(20)7-11(12)17(24)21-4-1-16(23)22-5-2-15-10(9-22)3-6-25-15/h3,6-8H,1-2,4-5,9H2,(H,21,24). The molecule has 1 N–H and O–H groups in total. The van der Waals surface area contributed by atoms with Crippen LogP contribution in [0, 0.1) is 5.82 Å². The van der Waals surface area contributed by atoms with E-state index in [1.165, 1.54) is 16.5 Å². The van der Waals surface area contributed by atoms with Crippen molar-refractivity contribution in [3.05, 3.63) is 55.4 Å². The number of carbonyl (C=O) groups excluding carboxylic acids is 2. The van der Waals surface area contributed by atoms with Crippen LogP contribution in [0.2, 0.25) is 10.0 Å². The Balaban J connectivity index is 1.52. The van der Waals surface area contributed by atoms with Gasteiger partial charge in [-0.15, -0.1) is 11.3 Å². The van der Waals surface area contributed by atoms with Gasteiger partial charge < -0.3 is 10.2 Å². The molecule has 0 unspecified atom stereocenters. The highest BCUT2D eigenvalue weighted by molar-refractivity contribution is 7.10. The Hall–Kier alpha value is -1.63. The lowest BCUT2D eigenvalue weighted by Crippen LogP contribution is -2.37. The molecule has 3 rings (SSSR count). The summed E-state index contributed by atoms with van der Waals surface area (Å²) in [5.41, 5.74) is 1.19. The van der Waals surface area contributed by atoms with E-state index in [0.29, 0.717) is 13.1 Å². The Labute approximate surface area is 158 Å². The summed E-state index contributed by atoms with van der Waals surface area (Å²) in [7, 11) is 0. The Morgan fingerprint density at radius 3 is 2.88 bits per heavy atom. The predicted molar refractivity (Wildman–Crippen MR) is 96.8 cm³/mol. The first kappa shape index (κ1) is 18.2. The summed E-state index contributed by atoms with van der Waals surface area (Å²) in [5.74, 6) is -1.27. The molecule has 1 aromatic carbocycles. The molecule has 2 aromatic rings. The third kappa shape index (κ3) is 4.14. The Kier molecular flexibility index (Phi) is 5.61. The molecule has 2 heterocycles. The van der Waals surface area contributed by atoms with Gasteiger partial charge in [-0.25, -0.2) is 4.39 Å². The molecule has 0 spiro atoms. The number of fused-ring (bicyclic) bond motifs is 1. The van der Waals surface area contributed by atoms with Gasteiger partial charge in [-0.05, 0) is 35.6 Å². The minimum Gasteiger partial charge on any atom is -0.351 e. The second-order valence-electron chi connectivity index (χ2n) is 5.69. The molecule has 1 aromatic heterocycles. The summed E-state index contributed by atoms with van der Waals surface area (Å²) in [6, 6.07) is 4.22. The first-order valence-corrected chi connectivity index (χ1v) is 9.35. The van der Waals surface area contributed by atoms with Crippen LogP contribution in [0.1, 0.15) is 27.2 Å². The van der Waals surface area contributed by atoms with Crippen molar-refractivity contribution in [1.29, 1.82) is 0 Å². The minimum atomic E-state index is -0.716. The van der Waals surface area contributed by atoms with E-state index in [1.54, 1.807) is 16.2 Å². The van der Waals surface area contributed by atoms with E-state index < -0.39 is 11.7 Å². The first-order valence-electron chi connectivity index (χ1n) is 7.71. The lowest BCUT2D eigenvalue weighted by Gasteiger charge is -2.27. The van der Waals surface area contributed by atoms with Crippen molar-refractivity contribution in [2.24, 2.45) is 0 Å². The zero-order chi connectivity index (χ0) is 18.0. The minimum absolute atomic E-state index is 0.00287. The monoisotopic (exact) mass is 400 g/mol. The van der Waals surface area contributed by atoms with Crippen molar-refractivity contribution in [3.63, 3.8) is 0 Å². The van der Waals surface area contributed by atoms with Gasteiger partial charge in [0.2, 0.25) is 5.91 Å². The number of rotatable bonds is 4. The van der Waals surface area contributed by atoms with Crippen LogP contribution in [0.25, 0.3) is 0 Å². The molecule has 0 aliphatic carbocycles. The lowest BCUT2D eigenvalue weighted by molar-refractivity contribution is -0.131. The average Bonchev–Trinajstić information content (AvgIpc) is 3.05. The summed E-state index contributed by atoms with van der Waals surface area (Å²) in [6.07, 6.45) is 1.05. The molecule has 2 amide bonds. The molecule has 4 nitrogen and oxygen atoms in total. The summed E-state index contributed by atoms with van der Waals surface area (Å²) in [6.45, 7) is 1.46. The Morgan fingerprint density at radius 1 is 1.28 bits per heavy atom. The van der Waals surface area contributed by atoms with E-state index in [2.05, 4.69) is 5.32 Å². The highest BCUT2D eigenvalue weighted by Crippen LogP contribution is 2.25. The van der Waals surface area contributed by atoms with Gasteiger partial charge in [0.15, 0.2) is 0 Å². The molecule has 0 atom stereocenters. The van der Waals surface area contributed by atoms with Crippen molar-refractivity contribution < 1.29 is 14.0 Å². The molecule has 0 radical (unpaired) electrons. The topological polar surface area (TPSA) is 49.4 Å². The number of benzene rings is 1. The Morgan fingerprint density at radius 2 is 2.08 bits per heavy atom. The van der Waals surface area contributed by atoms with Crippen LogP contribution < -0.4 is 5.32 Å². The van der Waals surface area contributed by atoms with Gasteiger partial charge in [0.05, 0.1) is 15.6 Å². The van der Waals surface area contributed by atoms with E-state index in [4.69, 9.17) is 23.2 Å².